The molecule has 0 radical (unpaired) electrons. The zero-order chi connectivity index (χ0) is 27.1. The molecule has 0 unspecified atom stereocenters. The maximum absolute atomic E-state index is 11.3. The van der Waals surface area contributed by atoms with Crippen LogP contribution in [0.4, 0.5) is 23.1 Å². The Bertz CT molecular complexity index is 1210. The summed E-state index contributed by atoms with van der Waals surface area (Å²) in [5, 5.41) is 15.7. The van der Waals surface area contributed by atoms with E-state index >= 15 is 0 Å². The van der Waals surface area contributed by atoms with E-state index in [1.807, 2.05) is 49.4 Å². The predicted octanol–water partition coefficient (Wildman–Crippen LogP) is 2.99. The van der Waals surface area contributed by atoms with Gasteiger partial charge in [0, 0.05) is 75.6 Å². The minimum Gasteiger partial charge on any atom is -0.490 e. The summed E-state index contributed by atoms with van der Waals surface area (Å²) in [5.74, 6) is 2.40. The number of piperazine rings is 1. The van der Waals surface area contributed by atoms with Crippen LogP contribution in [0, 0.1) is 6.92 Å². The Hall–Kier alpha value is -3.39. The van der Waals surface area contributed by atoms with Crippen LogP contribution >= 0.6 is 11.8 Å². The highest BCUT2D eigenvalue weighted by Crippen LogP contribution is 2.38. The third-order valence-corrected chi connectivity index (χ3v) is 6.96. The molecule has 0 saturated carbocycles. The normalized spacial score (nSPS) is 14.1. The van der Waals surface area contributed by atoms with Gasteiger partial charge in [0.2, 0.25) is 11.7 Å². The molecule has 2 aromatic heterocycles. The van der Waals surface area contributed by atoms with Crippen LogP contribution < -0.4 is 20.3 Å². The number of ether oxygens (including phenoxy) is 1. The number of nitrogens with one attached hydrogen (secondary N) is 3. The lowest BCUT2D eigenvalue weighted by atomic mass is 10.3. The maximum Gasteiger partial charge on any atom is 0.221 e. The molecule has 0 bridgehead atoms. The third-order valence-electron chi connectivity index (χ3n) is 6.08. The van der Waals surface area contributed by atoms with Crippen LogP contribution in [0.15, 0.2) is 40.4 Å². The van der Waals surface area contributed by atoms with Crippen molar-refractivity contribution < 1.29 is 14.4 Å². The number of aromatic nitrogens is 4. The lowest BCUT2D eigenvalue weighted by Crippen LogP contribution is -2.48. The topological polar surface area (TPSA) is 124 Å². The van der Waals surface area contributed by atoms with Gasteiger partial charge in [-0.05, 0) is 43.0 Å². The Balaban J connectivity index is 1.58. The molecular weight excluding hydrogens is 506 g/mol. The van der Waals surface area contributed by atoms with E-state index in [-0.39, 0.29) is 5.91 Å². The largest absolute Gasteiger partial charge is 0.490 e. The number of benzene rings is 1. The van der Waals surface area contributed by atoms with Crippen molar-refractivity contribution in [1.29, 1.82) is 0 Å². The van der Waals surface area contributed by atoms with Crippen molar-refractivity contribution in [3.05, 3.63) is 36.0 Å². The third kappa shape index (κ3) is 7.34. The van der Waals surface area contributed by atoms with Gasteiger partial charge in [0.25, 0.3) is 0 Å². The number of hydrogen-bond acceptors (Lipinski definition) is 11. The van der Waals surface area contributed by atoms with Gasteiger partial charge in [-0.25, -0.2) is 9.97 Å². The van der Waals surface area contributed by atoms with E-state index in [9.17, 15) is 4.79 Å². The molecular formula is C25H35N9O3S. The van der Waals surface area contributed by atoms with E-state index in [4.69, 9.17) is 19.5 Å². The van der Waals surface area contributed by atoms with Crippen molar-refractivity contribution in [2.75, 3.05) is 76.1 Å². The minimum absolute atomic E-state index is 0.108. The van der Waals surface area contributed by atoms with Gasteiger partial charge in [-0.1, -0.05) is 0 Å². The highest BCUT2D eigenvalue weighted by molar-refractivity contribution is 7.99. The number of hydroxylamine groups is 2. The minimum atomic E-state index is -0.108. The zero-order valence-corrected chi connectivity index (χ0v) is 23.3. The lowest BCUT2D eigenvalue weighted by Gasteiger charge is -2.36. The molecule has 1 aromatic carbocycles. The first-order valence-corrected chi connectivity index (χ1v) is 13.2. The van der Waals surface area contributed by atoms with E-state index in [0.29, 0.717) is 22.5 Å². The average molecular weight is 542 g/mol. The Morgan fingerprint density at radius 2 is 1.89 bits per heavy atom. The van der Waals surface area contributed by atoms with Gasteiger partial charge in [-0.15, -0.1) is 0 Å². The zero-order valence-electron chi connectivity index (χ0n) is 22.4. The number of amides is 1. The molecule has 1 amide bonds. The summed E-state index contributed by atoms with van der Waals surface area (Å²) in [4.78, 5) is 31.9. The highest BCUT2D eigenvalue weighted by atomic mass is 32.2. The number of likely N-dealkylation sites (N-methyl/N-ethyl adjacent to an activating group) is 1. The molecule has 4 rings (SSSR count). The molecule has 13 heteroatoms. The maximum atomic E-state index is 11.3. The van der Waals surface area contributed by atoms with E-state index in [1.165, 1.54) is 18.7 Å². The molecule has 1 fully saturated rings. The van der Waals surface area contributed by atoms with Gasteiger partial charge in [-0.3, -0.25) is 14.8 Å². The SMILES string of the molecule is COc1c(Nc2cc(C)[nH]n2)nc(Sc2ccc(NC(C)=O)cc2)nc1N1CCN(CCN(C)OC)CC1. The molecule has 1 aliphatic rings. The number of methoxy groups -OCH3 is 1. The molecule has 1 aliphatic heterocycles. The number of carbonyl (C=O) groups excluding carboxylic acids is 1. The molecule has 0 aliphatic carbocycles. The van der Waals surface area contributed by atoms with Crippen molar-refractivity contribution in [2.45, 2.75) is 23.9 Å². The Morgan fingerprint density at radius 1 is 1.16 bits per heavy atom. The quantitative estimate of drug-likeness (QED) is 0.245. The molecule has 204 valence electrons. The number of rotatable bonds is 11. The van der Waals surface area contributed by atoms with Crippen molar-refractivity contribution in [3.8, 4) is 5.75 Å². The van der Waals surface area contributed by atoms with Gasteiger partial charge in [0.05, 0.1) is 14.2 Å². The van der Waals surface area contributed by atoms with Gasteiger partial charge < -0.3 is 25.1 Å². The number of anilines is 4. The second-order valence-electron chi connectivity index (χ2n) is 8.94. The van der Waals surface area contributed by atoms with E-state index < -0.39 is 0 Å². The van der Waals surface area contributed by atoms with Gasteiger partial charge in [0.1, 0.15) is 0 Å². The number of hydrogen-bond donors (Lipinski definition) is 3. The van der Waals surface area contributed by atoms with Crippen molar-refractivity contribution in [1.82, 2.24) is 30.1 Å². The van der Waals surface area contributed by atoms with Gasteiger partial charge >= 0.3 is 0 Å². The monoisotopic (exact) mass is 541 g/mol. The summed E-state index contributed by atoms with van der Waals surface area (Å²) >= 11 is 1.44. The molecule has 3 N–H and O–H groups in total. The van der Waals surface area contributed by atoms with Crippen LogP contribution in [0.2, 0.25) is 0 Å². The second-order valence-corrected chi connectivity index (χ2v) is 9.98. The second kappa shape index (κ2) is 12.9. The van der Waals surface area contributed by atoms with E-state index in [0.717, 1.165) is 61.4 Å². The Kier molecular flexibility index (Phi) is 9.39. The number of aryl methyl sites for hydroxylation is 1. The number of H-pyrrole nitrogens is 1. The summed E-state index contributed by atoms with van der Waals surface area (Å²) in [5.41, 5.74) is 1.67. The summed E-state index contributed by atoms with van der Waals surface area (Å²) in [6.07, 6.45) is 0. The Morgan fingerprint density at radius 3 is 2.50 bits per heavy atom. The van der Waals surface area contributed by atoms with Crippen LogP contribution in [0.25, 0.3) is 0 Å². The summed E-state index contributed by atoms with van der Waals surface area (Å²) in [6.45, 7) is 8.62. The van der Waals surface area contributed by atoms with E-state index in [2.05, 4.69) is 30.6 Å². The molecule has 12 nitrogen and oxygen atoms in total. The average Bonchev–Trinajstić information content (AvgIpc) is 3.32. The van der Waals surface area contributed by atoms with Gasteiger partial charge in [0.15, 0.2) is 22.6 Å². The molecule has 38 heavy (non-hydrogen) atoms. The summed E-state index contributed by atoms with van der Waals surface area (Å²) in [7, 11) is 5.25. The molecule has 0 atom stereocenters. The fourth-order valence-electron chi connectivity index (χ4n) is 4.03. The van der Waals surface area contributed by atoms with Crippen LogP contribution in [0.5, 0.6) is 5.75 Å². The van der Waals surface area contributed by atoms with Crippen molar-refractivity contribution in [3.63, 3.8) is 0 Å². The molecule has 3 aromatic rings. The standard InChI is InChI=1S/C25H35N9O3S/c1-17-16-21(31-30-17)27-23-22(36-4)24(34-14-12-33(13-15-34)11-10-32(3)37-5)29-25(28-23)38-20-8-6-19(7-9-20)26-18(2)35/h6-9,16H,10-15H2,1-5H3,(H,26,35)(H2,27,28,29,30,31). The summed E-state index contributed by atoms with van der Waals surface area (Å²) in [6, 6.07) is 9.50. The smallest absolute Gasteiger partial charge is 0.221 e. The number of aromatic amines is 1. The lowest BCUT2D eigenvalue weighted by molar-refractivity contribution is -0.114. The van der Waals surface area contributed by atoms with Crippen molar-refractivity contribution in [2.24, 2.45) is 0 Å². The Labute approximate surface area is 227 Å². The van der Waals surface area contributed by atoms with Crippen molar-refractivity contribution >= 4 is 40.8 Å². The van der Waals surface area contributed by atoms with Crippen LogP contribution in [-0.4, -0.2) is 96.6 Å². The predicted molar refractivity (Wildman–Crippen MR) is 148 cm³/mol. The fourth-order valence-corrected chi connectivity index (χ4v) is 4.78. The van der Waals surface area contributed by atoms with Gasteiger partial charge in [-0.2, -0.15) is 10.2 Å². The van der Waals surface area contributed by atoms with Crippen LogP contribution in [-0.2, 0) is 9.63 Å². The first kappa shape index (κ1) is 27.6. The first-order chi connectivity index (χ1) is 18.3. The molecule has 3 heterocycles. The molecule has 0 spiro atoms. The first-order valence-electron chi connectivity index (χ1n) is 12.4. The van der Waals surface area contributed by atoms with Crippen LogP contribution in [0.1, 0.15) is 12.6 Å². The summed E-state index contributed by atoms with van der Waals surface area (Å²) < 4.78 is 5.83. The fraction of sp³-hybridized carbons (Fsp3) is 0.440. The van der Waals surface area contributed by atoms with Crippen LogP contribution in [0.3, 0.4) is 0 Å². The van der Waals surface area contributed by atoms with E-state index in [1.54, 1.807) is 14.2 Å². The highest BCUT2D eigenvalue weighted by Gasteiger charge is 2.25. The molecule has 1 saturated heterocycles. The number of nitrogens with zero attached hydrogens (tertiary/aromatic N) is 6. The number of carbonyl (C=O) groups is 1.